The van der Waals surface area contributed by atoms with Gasteiger partial charge in [0.15, 0.2) is 5.78 Å². The maximum Gasteiger partial charge on any atom is 0.240 e. The summed E-state index contributed by atoms with van der Waals surface area (Å²) in [5.74, 6) is 2.38. The van der Waals surface area contributed by atoms with Crippen molar-refractivity contribution >= 4 is 29.0 Å². The van der Waals surface area contributed by atoms with Crippen molar-refractivity contribution in [3.8, 4) is 12.3 Å². The molecule has 0 fully saturated rings. The van der Waals surface area contributed by atoms with Gasteiger partial charge < -0.3 is 4.90 Å². The molecule has 5 heteroatoms. The Balaban J connectivity index is 2.28. The van der Waals surface area contributed by atoms with Gasteiger partial charge in [0.05, 0.1) is 17.8 Å². The van der Waals surface area contributed by atoms with E-state index in [4.69, 9.17) is 18.0 Å². The van der Waals surface area contributed by atoms with Crippen LogP contribution >= 0.6 is 11.6 Å². The Labute approximate surface area is 171 Å². The van der Waals surface area contributed by atoms with Gasteiger partial charge in [0.25, 0.3) is 0 Å². The third kappa shape index (κ3) is 4.81. The highest BCUT2D eigenvalue weighted by Gasteiger charge is 2.25. The standard InChI is InChI=1S/C23H25ClN2O2/c1-5-23(6-2,7-3)25-16-21(27)26(4)20-14-13-18(24)15-19(20)22(28)17-11-9-8-10-12-17/h1,8-15,25H,6-7,16H2,2-4H3. The van der Waals surface area contributed by atoms with Crippen molar-refractivity contribution in [3.63, 3.8) is 0 Å². The number of rotatable bonds is 8. The quantitative estimate of drug-likeness (QED) is 0.534. The molecule has 2 rings (SSSR count). The average molecular weight is 397 g/mol. The lowest BCUT2D eigenvalue weighted by Gasteiger charge is -2.28. The number of hydrogen-bond acceptors (Lipinski definition) is 3. The van der Waals surface area contributed by atoms with Crippen molar-refractivity contribution in [3.05, 3.63) is 64.7 Å². The van der Waals surface area contributed by atoms with Crippen molar-refractivity contribution in [2.24, 2.45) is 0 Å². The number of terminal acetylenes is 1. The van der Waals surface area contributed by atoms with Gasteiger partial charge in [-0.25, -0.2) is 0 Å². The van der Waals surface area contributed by atoms with Crippen LogP contribution in [0.2, 0.25) is 5.02 Å². The summed E-state index contributed by atoms with van der Waals surface area (Å²) < 4.78 is 0. The van der Waals surface area contributed by atoms with Crippen LogP contribution in [0, 0.1) is 12.3 Å². The predicted molar refractivity (Wildman–Crippen MR) is 115 cm³/mol. The fraction of sp³-hybridized carbons (Fsp3) is 0.304. The molecule has 0 spiro atoms. The summed E-state index contributed by atoms with van der Waals surface area (Å²) in [5.41, 5.74) is 0.903. The van der Waals surface area contributed by atoms with Gasteiger partial charge >= 0.3 is 0 Å². The zero-order valence-corrected chi connectivity index (χ0v) is 17.2. The topological polar surface area (TPSA) is 49.4 Å². The first-order valence-corrected chi connectivity index (χ1v) is 9.64. The Bertz CT molecular complexity index is 883. The van der Waals surface area contributed by atoms with E-state index in [9.17, 15) is 9.59 Å². The molecule has 1 N–H and O–H groups in total. The second-order valence-electron chi connectivity index (χ2n) is 6.60. The summed E-state index contributed by atoms with van der Waals surface area (Å²) in [4.78, 5) is 27.2. The van der Waals surface area contributed by atoms with Crippen molar-refractivity contribution in [2.45, 2.75) is 32.2 Å². The Morgan fingerprint density at radius 2 is 1.79 bits per heavy atom. The molecule has 0 unspecified atom stereocenters. The van der Waals surface area contributed by atoms with Crippen LogP contribution in [-0.2, 0) is 4.79 Å². The molecule has 0 bridgehead atoms. The van der Waals surface area contributed by atoms with Crippen LogP contribution in [0.5, 0.6) is 0 Å². The number of anilines is 1. The average Bonchev–Trinajstić information content (AvgIpc) is 2.74. The minimum Gasteiger partial charge on any atom is -0.314 e. The molecule has 146 valence electrons. The first kappa shape index (κ1) is 21.7. The number of nitrogens with one attached hydrogen (secondary N) is 1. The van der Waals surface area contributed by atoms with Gasteiger partial charge in [0.2, 0.25) is 5.91 Å². The molecule has 2 aromatic carbocycles. The molecule has 0 saturated carbocycles. The Hall–Kier alpha value is -2.61. The number of halogens is 1. The zero-order valence-electron chi connectivity index (χ0n) is 16.5. The lowest BCUT2D eigenvalue weighted by Crippen LogP contribution is -2.48. The smallest absolute Gasteiger partial charge is 0.240 e. The number of carbonyl (C=O) groups is 2. The first-order chi connectivity index (χ1) is 13.4. The molecule has 0 aliphatic carbocycles. The van der Waals surface area contributed by atoms with Crippen molar-refractivity contribution in [1.29, 1.82) is 0 Å². The first-order valence-electron chi connectivity index (χ1n) is 9.26. The maximum atomic E-state index is 13.0. The van der Waals surface area contributed by atoms with E-state index >= 15 is 0 Å². The highest BCUT2D eigenvalue weighted by atomic mass is 35.5. The Kier molecular flexibility index (Phi) is 7.39. The Morgan fingerprint density at radius 1 is 1.14 bits per heavy atom. The van der Waals surface area contributed by atoms with Gasteiger partial charge in [-0.1, -0.05) is 61.7 Å². The summed E-state index contributed by atoms with van der Waals surface area (Å²) in [6, 6.07) is 13.9. The number of nitrogens with zero attached hydrogens (tertiary/aromatic N) is 1. The van der Waals surface area contributed by atoms with Gasteiger partial charge in [-0.05, 0) is 31.0 Å². The highest BCUT2D eigenvalue weighted by Crippen LogP contribution is 2.26. The van der Waals surface area contributed by atoms with Crippen LogP contribution < -0.4 is 10.2 Å². The summed E-state index contributed by atoms with van der Waals surface area (Å²) in [6.07, 6.45) is 7.09. The molecule has 0 heterocycles. The third-order valence-corrected chi connectivity index (χ3v) is 5.27. The minimum absolute atomic E-state index is 0.0734. The van der Waals surface area contributed by atoms with E-state index in [0.717, 1.165) is 12.8 Å². The number of hydrogen-bond donors (Lipinski definition) is 1. The van der Waals surface area contributed by atoms with E-state index in [1.807, 2.05) is 19.9 Å². The van der Waals surface area contributed by atoms with Gasteiger partial charge in [0.1, 0.15) is 0 Å². The summed E-state index contributed by atoms with van der Waals surface area (Å²) in [5, 5.41) is 3.62. The molecular weight excluding hydrogens is 372 g/mol. The molecule has 1 amide bonds. The minimum atomic E-state index is -0.515. The van der Waals surface area contributed by atoms with Gasteiger partial charge in [-0.2, -0.15) is 0 Å². The molecular formula is C23H25ClN2O2. The van der Waals surface area contributed by atoms with Crippen LogP contribution in [0.3, 0.4) is 0 Å². The number of carbonyl (C=O) groups excluding carboxylic acids is 2. The number of likely N-dealkylation sites (N-methyl/N-ethyl adjacent to an activating group) is 1. The molecule has 0 atom stereocenters. The van der Waals surface area contributed by atoms with E-state index in [-0.39, 0.29) is 18.2 Å². The molecule has 2 aromatic rings. The molecule has 0 aliphatic rings. The van der Waals surface area contributed by atoms with Crippen LogP contribution in [-0.4, -0.2) is 30.8 Å². The van der Waals surface area contributed by atoms with Gasteiger partial charge in [-0.3, -0.25) is 14.9 Å². The van der Waals surface area contributed by atoms with Gasteiger partial charge in [-0.15, -0.1) is 6.42 Å². The zero-order chi connectivity index (χ0) is 20.7. The molecule has 4 nitrogen and oxygen atoms in total. The van der Waals surface area contributed by atoms with E-state index in [0.29, 0.717) is 21.8 Å². The number of amides is 1. The van der Waals surface area contributed by atoms with E-state index < -0.39 is 5.54 Å². The lowest BCUT2D eigenvalue weighted by atomic mass is 9.94. The normalized spacial score (nSPS) is 11.0. The highest BCUT2D eigenvalue weighted by molar-refractivity contribution is 6.31. The molecule has 28 heavy (non-hydrogen) atoms. The predicted octanol–water partition coefficient (Wildman–Crippen LogP) is 4.32. The SMILES string of the molecule is C#CC(CC)(CC)NCC(=O)N(C)c1ccc(Cl)cc1C(=O)c1ccccc1. The second-order valence-corrected chi connectivity index (χ2v) is 7.03. The van der Waals surface area contributed by atoms with E-state index in [2.05, 4.69) is 11.2 Å². The summed E-state index contributed by atoms with van der Waals surface area (Å²) in [6.45, 7) is 4.05. The monoisotopic (exact) mass is 396 g/mol. The van der Waals surface area contributed by atoms with Crippen molar-refractivity contribution in [1.82, 2.24) is 5.32 Å². The third-order valence-electron chi connectivity index (χ3n) is 5.04. The maximum absolute atomic E-state index is 13.0. The molecule has 0 radical (unpaired) electrons. The fourth-order valence-electron chi connectivity index (χ4n) is 2.98. The molecule has 0 aromatic heterocycles. The van der Waals surface area contributed by atoms with Crippen LogP contribution in [0.4, 0.5) is 5.69 Å². The van der Waals surface area contributed by atoms with Crippen LogP contribution in [0.25, 0.3) is 0 Å². The van der Waals surface area contributed by atoms with Crippen LogP contribution in [0.1, 0.15) is 42.6 Å². The van der Waals surface area contributed by atoms with Crippen LogP contribution in [0.15, 0.2) is 48.5 Å². The molecule has 0 saturated heterocycles. The largest absolute Gasteiger partial charge is 0.314 e. The van der Waals surface area contributed by atoms with E-state index in [1.54, 1.807) is 49.5 Å². The van der Waals surface area contributed by atoms with Crippen molar-refractivity contribution < 1.29 is 9.59 Å². The summed E-state index contributed by atoms with van der Waals surface area (Å²) in [7, 11) is 1.64. The number of ketones is 1. The summed E-state index contributed by atoms with van der Waals surface area (Å²) >= 11 is 6.12. The van der Waals surface area contributed by atoms with E-state index in [1.165, 1.54) is 4.90 Å². The number of benzene rings is 2. The fourth-order valence-corrected chi connectivity index (χ4v) is 3.15. The lowest BCUT2D eigenvalue weighted by molar-refractivity contribution is -0.117. The second kappa shape index (κ2) is 9.54. The molecule has 0 aliphatic heterocycles. The van der Waals surface area contributed by atoms with Crippen molar-refractivity contribution in [2.75, 3.05) is 18.5 Å². The Morgan fingerprint density at radius 3 is 2.36 bits per heavy atom. The van der Waals surface area contributed by atoms with Gasteiger partial charge in [0, 0.05) is 23.2 Å².